The highest BCUT2D eigenvalue weighted by Gasteiger charge is 2.37. The van der Waals surface area contributed by atoms with Crippen LogP contribution < -0.4 is 19.6 Å². The predicted octanol–water partition coefficient (Wildman–Crippen LogP) is 2.35. The number of likely N-dealkylation sites (N-methyl/N-ethyl adjacent to an activating group) is 1. The average molecular weight is 478 g/mol. The number of aromatic nitrogens is 4. The molecule has 182 valence electrons. The molecule has 0 saturated heterocycles. The first kappa shape index (κ1) is 22.8. The third-order valence-electron chi connectivity index (χ3n) is 6.05. The molecule has 1 amide bonds. The maximum atomic E-state index is 12.4. The van der Waals surface area contributed by atoms with Gasteiger partial charge < -0.3 is 14.2 Å². The number of nitrogens with zero attached hydrogens (tertiary/aromatic N) is 6. The van der Waals surface area contributed by atoms with E-state index in [-0.39, 0.29) is 24.7 Å². The standard InChI is InChI=1S/C24H27N7O4/c1-14(2)12-25-27-24(32)15-5-7-17(8-6-15)31-23(26-28-29-31)20-19-16(9-10-30(20)3)11-18-21(22(19)33-4)35-13-34-18/h5-8,11-12,14,20H,9-10,13H2,1-4H3,(H,27,32)/b25-12+. The molecule has 1 unspecified atom stereocenters. The first-order valence-corrected chi connectivity index (χ1v) is 11.4. The Bertz CT molecular complexity index is 1270. The molecule has 0 radical (unpaired) electrons. The molecule has 1 N–H and O–H groups in total. The first-order valence-electron chi connectivity index (χ1n) is 11.4. The summed E-state index contributed by atoms with van der Waals surface area (Å²) in [5.41, 5.74) is 5.82. The molecule has 2 aromatic carbocycles. The van der Waals surface area contributed by atoms with Gasteiger partial charge in [-0.2, -0.15) is 9.78 Å². The third kappa shape index (κ3) is 4.18. The van der Waals surface area contributed by atoms with Crippen molar-refractivity contribution in [3.63, 3.8) is 0 Å². The summed E-state index contributed by atoms with van der Waals surface area (Å²) in [5.74, 6) is 2.51. The van der Waals surface area contributed by atoms with Crippen molar-refractivity contribution in [2.45, 2.75) is 26.3 Å². The summed E-state index contributed by atoms with van der Waals surface area (Å²) < 4.78 is 18.8. The van der Waals surface area contributed by atoms with Gasteiger partial charge in [0.15, 0.2) is 17.3 Å². The zero-order chi connectivity index (χ0) is 24.5. The number of ether oxygens (including phenoxy) is 3. The van der Waals surface area contributed by atoms with E-state index in [1.165, 1.54) is 0 Å². The first-order chi connectivity index (χ1) is 17.0. The minimum absolute atomic E-state index is 0.162. The molecule has 2 aliphatic rings. The number of hydrogen-bond acceptors (Lipinski definition) is 9. The zero-order valence-electron chi connectivity index (χ0n) is 20.1. The van der Waals surface area contributed by atoms with E-state index in [4.69, 9.17) is 14.2 Å². The van der Waals surface area contributed by atoms with Crippen LogP contribution in [-0.2, 0) is 6.42 Å². The Labute approximate surface area is 202 Å². The summed E-state index contributed by atoms with van der Waals surface area (Å²) in [6, 6.07) is 8.80. The maximum Gasteiger partial charge on any atom is 0.271 e. The number of hydrogen-bond donors (Lipinski definition) is 1. The molecule has 0 fully saturated rings. The largest absolute Gasteiger partial charge is 0.492 e. The summed E-state index contributed by atoms with van der Waals surface area (Å²) in [4.78, 5) is 14.6. The lowest BCUT2D eigenvalue weighted by Crippen LogP contribution is -2.35. The number of carbonyl (C=O) groups is 1. The van der Waals surface area contributed by atoms with Gasteiger partial charge in [-0.1, -0.05) is 13.8 Å². The maximum absolute atomic E-state index is 12.4. The summed E-state index contributed by atoms with van der Waals surface area (Å²) in [6.45, 7) is 4.94. The van der Waals surface area contributed by atoms with Crippen molar-refractivity contribution in [3.05, 3.63) is 52.8 Å². The molecule has 2 aliphatic heterocycles. The van der Waals surface area contributed by atoms with Crippen LogP contribution in [0.5, 0.6) is 17.2 Å². The van der Waals surface area contributed by atoms with Gasteiger partial charge in [0, 0.05) is 23.9 Å². The van der Waals surface area contributed by atoms with E-state index in [0.717, 1.165) is 29.8 Å². The van der Waals surface area contributed by atoms with E-state index in [1.54, 1.807) is 30.1 Å². The van der Waals surface area contributed by atoms with E-state index in [9.17, 15) is 4.79 Å². The highest BCUT2D eigenvalue weighted by molar-refractivity contribution is 5.94. The van der Waals surface area contributed by atoms with Crippen LogP contribution in [0.2, 0.25) is 0 Å². The fourth-order valence-electron chi connectivity index (χ4n) is 4.37. The second-order valence-corrected chi connectivity index (χ2v) is 8.81. The smallest absolute Gasteiger partial charge is 0.271 e. The average Bonchev–Trinajstić information content (AvgIpc) is 3.52. The van der Waals surface area contributed by atoms with Crippen LogP contribution in [-0.4, -0.2) is 64.7 Å². The van der Waals surface area contributed by atoms with Gasteiger partial charge in [-0.25, -0.2) is 5.43 Å². The Morgan fingerprint density at radius 3 is 2.83 bits per heavy atom. The van der Waals surface area contributed by atoms with Crippen LogP contribution in [0.25, 0.3) is 5.69 Å². The van der Waals surface area contributed by atoms with Gasteiger partial charge >= 0.3 is 0 Å². The molecule has 3 aromatic rings. The Morgan fingerprint density at radius 1 is 1.29 bits per heavy atom. The summed E-state index contributed by atoms with van der Waals surface area (Å²) in [5, 5.41) is 16.6. The van der Waals surface area contributed by atoms with Gasteiger partial charge in [0.1, 0.15) is 6.04 Å². The van der Waals surface area contributed by atoms with E-state index in [2.05, 4.69) is 31.0 Å². The van der Waals surface area contributed by atoms with Crippen LogP contribution >= 0.6 is 0 Å². The lowest BCUT2D eigenvalue weighted by molar-refractivity contribution is 0.0955. The molecule has 1 aromatic heterocycles. The number of rotatable bonds is 6. The quantitative estimate of drug-likeness (QED) is 0.425. The van der Waals surface area contributed by atoms with Crippen LogP contribution in [0.4, 0.5) is 0 Å². The number of fused-ring (bicyclic) bond motifs is 2. The number of hydrazone groups is 1. The van der Waals surface area contributed by atoms with E-state index in [1.807, 2.05) is 39.1 Å². The van der Waals surface area contributed by atoms with Crippen molar-refractivity contribution in [1.82, 2.24) is 30.5 Å². The van der Waals surface area contributed by atoms with Crippen molar-refractivity contribution in [2.24, 2.45) is 11.0 Å². The highest BCUT2D eigenvalue weighted by Crippen LogP contribution is 2.50. The minimum atomic E-state index is -0.285. The number of amides is 1. The van der Waals surface area contributed by atoms with Crippen molar-refractivity contribution in [3.8, 4) is 22.9 Å². The fraction of sp³-hybridized carbons (Fsp3) is 0.375. The second-order valence-electron chi connectivity index (χ2n) is 8.81. The Morgan fingerprint density at radius 2 is 2.09 bits per heavy atom. The van der Waals surface area contributed by atoms with Gasteiger partial charge in [-0.15, -0.1) is 5.10 Å². The normalized spacial score (nSPS) is 17.1. The van der Waals surface area contributed by atoms with Crippen molar-refractivity contribution < 1.29 is 19.0 Å². The fourth-order valence-corrected chi connectivity index (χ4v) is 4.37. The SMILES string of the molecule is COc1c2c(cc3c1C(c1nnnn1-c1ccc(C(=O)N/N=C/C(C)C)cc1)N(C)CC3)OCO2. The van der Waals surface area contributed by atoms with Gasteiger partial charge in [-0.3, -0.25) is 9.69 Å². The topological polar surface area (TPSA) is 116 Å². The molecular weight excluding hydrogens is 450 g/mol. The summed E-state index contributed by atoms with van der Waals surface area (Å²) in [7, 11) is 3.66. The molecule has 11 nitrogen and oxygen atoms in total. The van der Waals surface area contributed by atoms with E-state index < -0.39 is 0 Å². The van der Waals surface area contributed by atoms with Crippen LogP contribution in [0.15, 0.2) is 35.4 Å². The lowest BCUT2D eigenvalue weighted by atomic mass is 9.90. The molecule has 3 heterocycles. The molecule has 0 bridgehead atoms. The Balaban J connectivity index is 1.49. The number of benzene rings is 2. The monoisotopic (exact) mass is 477 g/mol. The van der Waals surface area contributed by atoms with Gasteiger partial charge in [-0.05, 0) is 65.7 Å². The molecule has 0 saturated carbocycles. The summed E-state index contributed by atoms with van der Waals surface area (Å²) >= 11 is 0. The molecule has 1 atom stereocenters. The minimum Gasteiger partial charge on any atom is -0.492 e. The van der Waals surface area contributed by atoms with Crippen molar-refractivity contribution in [2.75, 3.05) is 27.5 Å². The molecule has 35 heavy (non-hydrogen) atoms. The number of tetrazole rings is 1. The Hall–Kier alpha value is -3.99. The Kier molecular flexibility index (Phi) is 6.08. The van der Waals surface area contributed by atoms with Gasteiger partial charge in [0.05, 0.1) is 12.8 Å². The van der Waals surface area contributed by atoms with Crippen LogP contribution in [0, 0.1) is 5.92 Å². The van der Waals surface area contributed by atoms with Crippen molar-refractivity contribution >= 4 is 12.1 Å². The zero-order valence-corrected chi connectivity index (χ0v) is 20.1. The number of carbonyl (C=O) groups excluding carboxylic acids is 1. The third-order valence-corrected chi connectivity index (χ3v) is 6.05. The van der Waals surface area contributed by atoms with Gasteiger partial charge in [0.25, 0.3) is 5.91 Å². The molecule has 5 rings (SSSR count). The van der Waals surface area contributed by atoms with Crippen molar-refractivity contribution in [1.29, 1.82) is 0 Å². The number of methoxy groups -OCH3 is 1. The predicted molar refractivity (Wildman–Crippen MR) is 127 cm³/mol. The molecule has 0 aliphatic carbocycles. The lowest BCUT2D eigenvalue weighted by Gasteiger charge is -2.34. The second kappa shape index (κ2) is 9.34. The van der Waals surface area contributed by atoms with E-state index >= 15 is 0 Å². The van der Waals surface area contributed by atoms with Crippen LogP contribution in [0.3, 0.4) is 0 Å². The molecule has 0 spiro atoms. The van der Waals surface area contributed by atoms with E-state index in [0.29, 0.717) is 28.6 Å². The number of nitrogens with one attached hydrogen (secondary N) is 1. The van der Waals surface area contributed by atoms with Gasteiger partial charge in [0.2, 0.25) is 12.5 Å². The molecular formula is C24H27N7O4. The highest BCUT2D eigenvalue weighted by atomic mass is 16.7. The summed E-state index contributed by atoms with van der Waals surface area (Å²) in [6.07, 6.45) is 2.51. The molecule has 11 heteroatoms. The van der Waals surface area contributed by atoms with Crippen LogP contribution in [0.1, 0.15) is 47.2 Å².